The van der Waals surface area contributed by atoms with Gasteiger partial charge in [-0.2, -0.15) is 0 Å². The Morgan fingerprint density at radius 2 is 2.05 bits per heavy atom. The molecule has 0 heterocycles. The van der Waals surface area contributed by atoms with Crippen LogP contribution in [0.5, 0.6) is 0 Å². The number of hydrogen-bond donors (Lipinski definition) is 3. The van der Waals surface area contributed by atoms with Crippen LogP contribution in [0.25, 0.3) is 0 Å². The van der Waals surface area contributed by atoms with Gasteiger partial charge in [0.05, 0.1) is 5.60 Å². The monoisotopic (exact) mass is 312 g/mol. The normalized spacial score (nSPS) is 15.6. The lowest BCUT2D eigenvalue weighted by Gasteiger charge is -2.29. The van der Waals surface area contributed by atoms with Crippen molar-refractivity contribution in [3.63, 3.8) is 0 Å². The molecule has 1 aromatic carbocycles. The minimum atomic E-state index is -0.780. The highest BCUT2D eigenvalue weighted by molar-refractivity contribution is 6.30. The van der Waals surface area contributed by atoms with Crippen molar-refractivity contribution in [2.75, 3.05) is 11.9 Å². The zero-order valence-electron chi connectivity index (χ0n) is 13.1. The quantitative estimate of drug-likeness (QED) is 0.725. The summed E-state index contributed by atoms with van der Waals surface area (Å²) in [5.74, 6) is 0.0685. The Labute approximate surface area is 131 Å². The molecule has 0 aliphatic heterocycles. The Morgan fingerprint density at radius 3 is 2.62 bits per heavy atom. The van der Waals surface area contributed by atoms with Crippen molar-refractivity contribution in [3.05, 3.63) is 29.3 Å². The molecule has 0 aliphatic carbocycles. The van der Waals surface area contributed by atoms with Gasteiger partial charge in [0.15, 0.2) is 0 Å². The lowest BCUT2D eigenvalue weighted by molar-refractivity contribution is -0.116. The van der Waals surface area contributed by atoms with Gasteiger partial charge in [0.2, 0.25) is 5.91 Å². The third kappa shape index (κ3) is 6.46. The molecule has 0 saturated carbocycles. The third-order valence-corrected chi connectivity index (χ3v) is 3.89. The van der Waals surface area contributed by atoms with Gasteiger partial charge in [-0.15, -0.1) is 0 Å². The Hall–Kier alpha value is -1.10. The Morgan fingerprint density at radius 1 is 1.38 bits per heavy atom. The second-order valence-corrected chi connectivity index (χ2v) is 6.49. The van der Waals surface area contributed by atoms with Gasteiger partial charge in [-0.1, -0.05) is 31.5 Å². The summed E-state index contributed by atoms with van der Waals surface area (Å²) >= 11 is 5.87. The zero-order valence-corrected chi connectivity index (χ0v) is 13.9. The molecule has 0 bridgehead atoms. The van der Waals surface area contributed by atoms with Gasteiger partial charge in [0.25, 0.3) is 0 Å². The fourth-order valence-electron chi connectivity index (χ4n) is 1.71. The number of benzene rings is 1. The summed E-state index contributed by atoms with van der Waals surface area (Å²) in [5.41, 5.74) is -0.0913. The number of halogens is 1. The van der Waals surface area contributed by atoms with Gasteiger partial charge in [-0.3, -0.25) is 4.79 Å². The number of amides is 1. The van der Waals surface area contributed by atoms with Crippen LogP contribution in [0, 0.1) is 5.92 Å². The van der Waals surface area contributed by atoms with Gasteiger partial charge >= 0.3 is 0 Å². The molecule has 0 spiro atoms. The summed E-state index contributed by atoms with van der Waals surface area (Å²) in [5, 5.41) is 16.8. The highest BCUT2D eigenvalue weighted by Crippen LogP contribution is 2.16. The highest BCUT2D eigenvalue weighted by atomic mass is 35.5. The van der Waals surface area contributed by atoms with Crippen molar-refractivity contribution in [1.82, 2.24) is 5.32 Å². The maximum atomic E-state index is 11.9. The van der Waals surface area contributed by atoms with Crippen molar-refractivity contribution in [3.8, 4) is 0 Å². The van der Waals surface area contributed by atoms with E-state index in [0.717, 1.165) is 0 Å². The number of carbonyl (C=O) groups is 1. The van der Waals surface area contributed by atoms with Gasteiger partial charge < -0.3 is 15.7 Å². The molecule has 3 N–H and O–H groups in total. The SMILES string of the molecule is CC(CC(=O)Nc1cccc(Cl)c1)NCC(C)(O)C(C)C. The topological polar surface area (TPSA) is 61.4 Å². The van der Waals surface area contributed by atoms with Crippen molar-refractivity contribution in [1.29, 1.82) is 0 Å². The molecular formula is C16H25ClN2O2. The van der Waals surface area contributed by atoms with Crippen LogP contribution in [0.3, 0.4) is 0 Å². The number of aliphatic hydroxyl groups is 1. The van der Waals surface area contributed by atoms with Gasteiger partial charge in [0.1, 0.15) is 0 Å². The van der Waals surface area contributed by atoms with E-state index in [1.54, 1.807) is 31.2 Å². The number of nitrogens with one attached hydrogen (secondary N) is 2. The zero-order chi connectivity index (χ0) is 16.0. The largest absolute Gasteiger partial charge is 0.389 e. The predicted molar refractivity (Wildman–Crippen MR) is 87.6 cm³/mol. The molecule has 5 heteroatoms. The van der Waals surface area contributed by atoms with Crippen molar-refractivity contribution >= 4 is 23.2 Å². The van der Waals surface area contributed by atoms with Crippen LogP contribution >= 0.6 is 11.6 Å². The Balaban J connectivity index is 2.41. The van der Waals surface area contributed by atoms with E-state index < -0.39 is 5.60 Å². The minimum absolute atomic E-state index is 0.0191. The van der Waals surface area contributed by atoms with E-state index in [9.17, 15) is 9.90 Å². The van der Waals surface area contributed by atoms with E-state index in [1.165, 1.54) is 0 Å². The molecule has 0 aliphatic rings. The first kappa shape index (κ1) is 18.0. The number of anilines is 1. The fraction of sp³-hybridized carbons (Fsp3) is 0.562. The molecule has 1 amide bonds. The predicted octanol–water partition coefficient (Wildman–Crippen LogP) is 3.05. The standard InChI is InChI=1S/C16H25ClN2O2/c1-11(2)16(4,21)10-18-12(3)8-15(20)19-14-7-5-6-13(17)9-14/h5-7,9,11-12,18,21H,8,10H2,1-4H3,(H,19,20). The molecule has 118 valence electrons. The molecule has 1 rings (SSSR count). The van der Waals surface area contributed by atoms with Gasteiger partial charge in [-0.25, -0.2) is 0 Å². The average molecular weight is 313 g/mol. The summed E-state index contributed by atoms with van der Waals surface area (Å²) in [7, 11) is 0. The molecule has 1 aromatic rings. The van der Waals surface area contributed by atoms with E-state index in [4.69, 9.17) is 11.6 Å². The summed E-state index contributed by atoms with van der Waals surface area (Å²) in [6.07, 6.45) is 0.334. The molecule has 2 unspecified atom stereocenters. The van der Waals surface area contributed by atoms with E-state index in [-0.39, 0.29) is 17.9 Å². The van der Waals surface area contributed by atoms with E-state index >= 15 is 0 Å². The molecule has 4 nitrogen and oxygen atoms in total. The lowest BCUT2D eigenvalue weighted by Crippen LogP contribution is -2.45. The van der Waals surface area contributed by atoms with E-state index in [0.29, 0.717) is 23.7 Å². The lowest BCUT2D eigenvalue weighted by atomic mass is 9.92. The van der Waals surface area contributed by atoms with E-state index in [2.05, 4.69) is 10.6 Å². The van der Waals surface area contributed by atoms with Crippen LogP contribution in [0.4, 0.5) is 5.69 Å². The van der Waals surface area contributed by atoms with E-state index in [1.807, 2.05) is 20.8 Å². The third-order valence-electron chi connectivity index (χ3n) is 3.65. The number of rotatable bonds is 7. The van der Waals surface area contributed by atoms with Crippen LogP contribution in [-0.4, -0.2) is 29.2 Å². The molecule has 0 fully saturated rings. The van der Waals surface area contributed by atoms with Crippen LogP contribution < -0.4 is 10.6 Å². The molecule has 0 radical (unpaired) electrons. The van der Waals surface area contributed by atoms with Crippen molar-refractivity contribution in [2.45, 2.75) is 45.8 Å². The fourth-order valence-corrected chi connectivity index (χ4v) is 1.90. The van der Waals surface area contributed by atoms with Crippen LogP contribution in [0.1, 0.15) is 34.1 Å². The summed E-state index contributed by atoms with van der Waals surface area (Å²) in [6, 6.07) is 7.04. The maximum Gasteiger partial charge on any atom is 0.225 e. The first-order valence-corrected chi connectivity index (χ1v) is 7.59. The van der Waals surface area contributed by atoms with Crippen LogP contribution in [-0.2, 0) is 4.79 Å². The summed E-state index contributed by atoms with van der Waals surface area (Å²) < 4.78 is 0. The molecule has 0 aromatic heterocycles. The maximum absolute atomic E-state index is 11.9. The van der Waals surface area contributed by atoms with Crippen molar-refractivity contribution in [2.24, 2.45) is 5.92 Å². The molecule has 0 saturated heterocycles. The van der Waals surface area contributed by atoms with Gasteiger partial charge in [0, 0.05) is 29.7 Å². The van der Waals surface area contributed by atoms with Crippen molar-refractivity contribution < 1.29 is 9.90 Å². The highest BCUT2D eigenvalue weighted by Gasteiger charge is 2.25. The number of carbonyl (C=O) groups excluding carboxylic acids is 1. The second-order valence-electron chi connectivity index (χ2n) is 6.06. The summed E-state index contributed by atoms with van der Waals surface area (Å²) in [4.78, 5) is 11.9. The minimum Gasteiger partial charge on any atom is -0.389 e. The molecule has 2 atom stereocenters. The second kappa shape index (κ2) is 7.78. The Kier molecular flexibility index (Phi) is 6.65. The molecular weight excluding hydrogens is 288 g/mol. The first-order valence-electron chi connectivity index (χ1n) is 7.22. The first-order chi connectivity index (χ1) is 9.70. The van der Waals surface area contributed by atoms with Crippen LogP contribution in [0.15, 0.2) is 24.3 Å². The van der Waals surface area contributed by atoms with Crippen LogP contribution in [0.2, 0.25) is 5.02 Å². The smallest absolute Gasteiger partial charge is 0.225 e. The van der Waals surface area contributed by atoms with Gasteiger partial charge in [-0.05, 0) is 38.0 Å². The summed E-state index contributed by atoms with van der Waals surface area (Å²) in [6.45, 7) is 8.12. The molecule has 21 heavy (non-hydrogen) atoms. The number of hydrogen-bond acceptors (Lipinski definition) is 3. The Bertz CT molecular complexity index is 475. The average Bonchev–Trinajstić information content (AvgIpc) is 2.36.